The first kappa shape index (κ1) is 16.3. The third-order valence-corrected chi connectivity index (χ3v) is 2.24. The van der Waals surface area contributed by atoms with Crippen molar-refractivity contribution in [2.45, 2.75) is 13.5 Å². The van der Waals surface area contributed by atoms with Gasteiger partial charge in [0.15, 0.2) is 0 Å². The molecule has 0 aliphatic heterocycles. The molecule has 0 saturated heterocycles. The summed E-state index contributed by atoms with van der Waals surface area (Å²) >= 11 is 0. The van der Waals surface area contributed by atoms with E-state index in [2.05, 4.69) is 19.7 Å². The van der Waals surface area contributed by atoms with E-state index in [0.29, 0.717) is 0 Å². The molecule has 111 valence electrons. The van der Waals surface area contributed by atoms with Crippen molar-refractivity contribution in [2.24, 2.45) is 10.2 Å². The van der Waals surface area contributed by atoms with E-state index in [4.69, 9.17) is 5.73 Å². The standard InChI is InChI=1S/C13H14N3O5/c1-9(17)20-6-7-21-13(19)16-15-8-10-2-4-11(5-3-10)12(14)18/h2-5,14H,6-8H2,1H3. The molecule has 1 aromatic carbocycles. The minimum atomic E-state index is -0.875. The summed E-state index contributed by atoms with van der Waals surface area (Å²) in [6.07, 6.45) is -0.875. The van der Waals surface area contributed by atoms with Gasteiger partial charge in [-0.2, -0.15) is 5.11 Å². The third-order valence-electron chi connectivity index (χ3n) is 2.24. The first-order valence-electron chi connectivity index (χ1n) is 6.01. The van der Waals surface area contributed by atoms with Crippen LogP contribution in [0.25, 0.3) is 0 Å². The number of nitrogens with one attached hydrogen (secondary N) is 1. The lowest BCUT2D eigenvalue weighted by atomic mass is 10.1. The quantitative estimate of drug-likeness (QED) is 0.449. The summed E-state index contributed by atoms with van der Waals surface area (Å²) in [7, 11) is 0. The van der Waals surface area contributed by atoms with Crippen LogP contribution in [0.1, 0.15) is 22.8 Å². The van der Waals surface area contributed by atoms with Crippen molar-refractivity contribution in [1.29, 1.82) is 0 Å². The van der Waals surface area contributed by atoms with Gasteiger partial charge in [-0.15, -0.1) is 0 Å². The molecule has 0 aliphatic rings. The van der Waals surface area contributed by atoms with Gasteiger partial charge < -0.3 is 9.47 Å². The number of benzene rings is 1. The summed E-state index contributed by atoms with van der Waals surface area (Å²) in [6, 6.07) is 6.23. The van der Waals surface area contributed by atoms with Gasteiger partial charge in [0.1, 0.15) is 13.2 Å². The second kappa shape index (κ2) is 8.41. The Hall–Kier alpha value is -2.77. The molecule has 0 unspecified atom stereocenters. The molecule has 1 rings (SSSR count). The minimum Gasteiger partial charge on any atom is -0.462 e. The molecule has 1 radical (unpaired) electrons. The predicted octanol–water partition coefficient (Wildman–Crippen LogP) is 1.76. The molecule has 0 saturated carbocycles. The third kappa shape index (κ3) is 6.81. The van der Waals surface area contributed by atoms with Crippen LogP contribution in [0.3, 0.4) is 0 Å². The van der Waals surface area contributed by atoms with E-state index in [1.165, 1.54) is 19.1 Å². The molecule has 21 heavy (non-hydrogen) atoms. The SMILES string of the molecule is CC(=O)OCCOC(=O)N=NCc1ccc(C([NH])=O)cc1. The average Bonchev–Trinajstić information content (AvgIpc) is 2.44. The maximum Gasteiger partial charge on any atom is 0.452 e. The highest BCUT2D eigenvalue weighted by molar-refractivity contribution is 5.92. The molecule has 0 heterocycles. The van der Waals surface area contributed by atoms with E-state index in [1.54, 1.807) is 12.1 Å². The molecule has 1 aromatic rings. The van der Waals surface area contributed by atoms with Gasteiger partial charge in [0.25, 0.3) is 5.91 Å². The van der Waals surface area contributed by atoms with Crippen LogP contribution >= 0.6 is 0 Å². The highest BCUT2D eigenvalue weighted by Gasteiger charge is 2.02. The minimum absolute atomic E-state index is 0.0286. The summed E-state index contributed by atoms with van der Waals surface area (Å²) in [6.45, 7) is 1.28. The van der Waals surface area contributed by atoms with Crippen molar-refractivity contribution in [2.75, 3.05) is 13.2 Å². The van der Waals surface area contributed by atoms with Crippen molar-refractivity contribution < 1.29 is 23.9 Å². The Labute approximate surface area is 120 Å². The number of carbonyl (C=O) groups excluding carboxylic acids is 3. The molecular weight excluding hydrogens is 278 g/mol. The number of azo groups is 1. The fourth-order valence-corrected chi connectivity index (χ4v) is 1.28. The summed E-state index contributed by atoms with van der Waals surface area (Å²) in [4.78, 5) is 32.3. The lowest BCUT2D eigenvalue weighted by Crippen LogP contribution is -2.09. The Morgan fingerprint density at radius 1 is 1.10 bits per heavy atom. The van der Waals surface area contributed by atoms with Crippen LogP contribution in [0.2, 0.25) is 0 Å². The van der Waals surface area contributed by atoms with Crippen LogP contribution in [-0.4, -0.2) is 31.2 Å². The molecule has 8 heteroatoms. The second-order valence-corrected chi connectivity index (χ2v) is 3.88. The van der Waals surface area contributed by atoms with Crippen LogP contribution in [0, 0.1) is 0 Å². The number of hydrogen-bond donors (Lipinski definition) is 0. The van der Waals surface area contributed by atoms with E-state index in [-0.39, 0.29) is 25.3 Å². The van der Waals surface area contributed by atoms with Gasteiger partial charge in [-0.3, -0.25) is 15.3 Å². The summed E-state index contributed by atoms with van der Waals surface area (Å²) in [5, 5.41) is 6.95. The molecule has 0 fully saturated rings. The van der Waals surface area contributed by atoms with Gasteiger partial charge >= 0.3 is 12.1 Å². The number of amides is 2. The van der Waals surface area contributed by atoms with E-state index in [0.717, 1.165) is 5.56 Å². The maximum absolute atomic E-state index is 11.1. The molecule has 0 bridgehead atoms. The van der Waals surface area contributed by atoms with Crippen LogP contribution < -0.4 is 5.73 Å². The van der Waals surface area contributed by atoms with Crippen molar-refractivity contribution in [3.05, 3.63) is 35.4 Å². The van der Waals surface area contributed by atoms with Gasteiger partial charge in [-0.1, -0.05) is 17.2 Å². The molecule has 0 aliphatic carbocycles. The van der Waals surface area contributed by atoms with Gasteiger partial charge in [-0.05, 0) is 17.7 Å². The normalized spacial score (nSPS) is 10.3. The van der Waals surface area contributed by atoms with Crippen molar-refractivity contribution in [1.82, 2.24) is 5.73 Å². The van der Waals surface area contributed by atoms with Gasteiger partial charge in [0, 0.05) is 12.5 Å². The Morgan fingerprint density at radius 3 is 2.29 bits per heavy atom. The van der Waals surface area contributed by atoms with Crippen molar-refractivity contribution in [3.63, 3.8) is 0 Å². The highest BCUT2D eigenvalue weighted by atomic mass is 16.6. The maximum atomic E-state index is 11.1. The fourth-order valence-electron chi connectivity index (χ4n) is 1.28. The Morgan fingerprint density at radius 2 is 1.71 bits per heavy atom. The van der Waals surface area contributed by atoms with Crippen molar-refractivity contribution >= 4 is 18.0 Å². The lowest BCUT2D eigenvalue weighted by molar-refractivity contribution is -0.141. The number of ether oxygens (including phenoxy) is 2. The zero-order chi connectivity index (χ0) is 15.7. The largest absolute Gasteiger partial charge is 0.462 e. The molecule has 0 spiro atoms. The monoisotopic (exact) mass is 292 g/mol. The number of nitrogens with zero attached hydrogens (tertiary/aromatic N) is 2. The molecular formula is C13H14N3O5. The first-order chi connectivity index (χ1) is 9.99. The van der Waals surface area contributed by atoms with Gasteiger partial charge in [0.2, 0.25) is 0 Å². The zero-order valence-corrected chi connectivity index (χ0v) is 11.4. The number of esters is 1. The molecule has 2 amide bonds. The van der Waals surface area contributed by atoms with Crippen LogP contribution in [0.15, 0.2) is 34.5 Å². The Bertz CT molecular complexity index is 539. The van der Waals surface area contributed by atoms with Crippen LogP contribution in [0.5, 0.6) is 0 Å². The first-order valence-corrected chi connectivity index (χ1v) is 6.01. The highest BCUT2D eigenvalue weighted by Crippen LogP contribution is 2.05. The van der Waals surface area contributed by atoms with Crippen LogP contribution in [-0.2, 0) is 20.8 Å². The summed E-state index contributed by atoms with van der Waals surface area (Å²) in [5.74, 6) is -1.22. The van der Waals surface area contributed by atoms with Crippen LogP contribution in [0.4, 0.5) is 4.79 Å². The summed E-state index contributed by atoms with van der Waals surface area (Å²) < 4.78 is 9.20. The molecule has 8 nitrogen and oxygen atoms in total. The van der Waals surface area contributed by atoms with E-state index in [9.17, 15) is 14.4 Å². The Balaban J connectivity index is 2.31. The molecule has 0 aromatic heterocycles. The lowest BCUT2D eigenvalue weighted by Gasteiger charge is -2.01. The van der Waals surface area contributed by atoms with Crippen molar-refractivity contribution in [3.8, 4) is 0 Å². The van der Waals surface area contributed by atoms with Gasteiger partial charge in [-0.25, -0.2) is 4.79 Å². The fraction of sp³-hybridized carbons (Fsp3) is 0.308. The number of carbonyl (C=O) groups is 3. The molecule has 0 atom stereocenters. The zero-order valence-electron chi connectivity index (χ0n) is 11.4. The number of hydrogen-bond acceptors (Lipinski definition) is 6. The molecule has 1 N–H and O–H groups in total. The van der Waals surface area contributed by atoms with E-state index < -0.39 is 18.0 Å². The average molecular weight is 292 g/mol. The summed E-state index contributed by atoms with van der Waals surface area (Å²) in [5.41, 5.74) is 7.93. The predicted molar refractivity (Wildman–Crippen MR) is 70.4 cm³/mol. The Kier molecular flexibility index (Phi) is 6.52. The van der Waals surface area contributed by atoms with E-state index >= 15 is 0 Å². The number of rotatable bonds is 6. The smallest absolute Gasteiger partial charge is 0.452 e. The second-order valence-electron chi connectivity index (χ2n) is 3.88. The topological polar surface area (TPSA) is 118 Å². The van der Waals surface area contributed by atoms with Gasteiger partial charge in [0.05, 0.1) is 6.54 Å². The van der Waals surface area contributed by atoms with E-state index in [1.807, 2.05) is 0 Å².